The predicted molar refractivity (Wildman–Crippen MR) is 87.5 cm³/mol. The van der Waals surface area contributed by atoms with Gasteiger partial charge in [-0.15, -0.1) is 0 Å². The third-order valence-electron chi connectivity index (χ3n) is 3.85. The fourth-order valence-electron chi connectivity index (χ4n) is 2.44. The quantitative estimate of drug-likeness (QED) is 0.712. The van der Waals surface area contributed by atoms with Crippen LogP contribution in [0, 0.1) is 6.92 Å². The lowest BCUT2D eigenvalue weighted by molar-refractivity contribution is -0.138. The molecule has 0 bridgehead atoms. The molecule has 0 saturated carbocycles. The number of benzene rings is 1. The normalized spacial score (nSPS) is 12.7. The Hall–Kier alpha value is -2.21. The zero-order chi connectivity index (χ0) is 16.0. The number of carboxylic acid groups (broad SMARTS) is 1. The van der Waals surface area contributed by atoms with E-state index in [0.29, 0.717) is 22.1 Å². The summed E-state index contributed by atoms with van der Waals surface area (Å²) in [5.41, 5.74) is 2.28. The van der Waals surface area contributed by atoms with Gasteiger partial charge in [0.1, 0.15) is 5.65 Å². The van der Waals surface area contributed by atoms with Gasteiger partial charge in [-0.3, -0.25) is 14.0 Å². The second kappa shape index (κ2) is 5.21. The Morgan fingerprint density at radius 2 is 2.05 bits per heavy atom. The molecule has 0 aliphatic rings. The van der Waals surface area contributed by atoms with Crippen molar-refractivity contribution in [3.05, 3.63) is 56.4 Å². The van der Waals surface area contributed by atoms with Gasteiger partial charge in [-0.1, -0.05) is 6.07 Å². The number of rotatable bonds is 2. The summed E-state index contributed by atoms with van der Waals surface area (Å²) in [6, 6.07) is 8.64. The Balaban J connectivity index is 2.40. The van der Waals surface area contributed by atoms with E-state index in [0.717, 1.165) is 10.2 Å². The van der Waals surface area contributed by atoms with Crippen molar-refractivity contribution in [2.75, 3.05) is 0 Å². The molecule has 1 atom stereocenters. The Morgan fingerprint density at radius 3 is 2.73 bits per heavy atom. The molecule has 0 saturated heterocycles. The molecule has 0 aliphatic heterocycles. The lowest BCUT2D eigenvalue weighted by Crippen LogP contribution is -2.18. The van der Waals surface area contributed by atoms with E-state index in [2.05, 4.69) is 20.9 Å². The van der Waals surface area contributed by atoms with Crippen LogP contribution in [-0.4, -0.2) is 20.5 Å². The van der Waals surface area contributed by atoms with Gasteiger partial charge in [-0.2, -0.15) is 0 Å². The van der Waals surface area contributed by atoms with E-state index in [1.165, 1.54) is 4.40 Å². The fraction of sp³-hybridized carbons (Fsp3) is 0.188. The topological polar surface area (TPSA) is 71.7 Å². The average Bonchev–Trinajstić information content (AvgIpc) is 2.50. The number of hydrogen-bond acceptors (Lipinski definition) is 3. The minimum absolute atomic E-state index is 0.196. The van der Waals surface area contributed by atoms with Crippen molar-refractivity contribution in [2.24, 2.45) is 0 Å². The maximum Gasteiger partial charge on any atom is 0.310 e. The highest BCUT2D eigenvalue weighted by Crippen LogP contribution is 2.21. The Kier molecular flexibility index (Phi) is 3.48. The number of carboxylic acids is 1. The second-order valence-electron chi connectivity index (χ2n) is 5.21. The molecule has 5 nitrogen and oxygen atoms in total. The summed E-state index contributed by atoms with van der Waals surface area (Å²) < 4.78 is 2.35. The van der Waals surface area contributed by atoms with E-state index in [1.54, 1.807) is 31.2 Å². The molecule has 1 unspecified atom stereocenters. The van der Waals surface area contributed by atoms with Crippen LogP contribution in [-0.2, 0) is 4.79 Å². The van der Waals surface area contributed by atoms with Gasteiger partial charge in [0, 0.05) is 10.2 Å². The molecule has 2 heterocycles. The molecule has 0 fully saturated rings. The molecule has 6 heteroatoms. The fourth-order valence-corrected chi connectivity index (χ4v) is 2.75. The third kappa shape index (κ3) is 2.20. The lowest BCUT2D eigenvalue weighted by Gasteiger charge is -2.10. The van der Waals surface area contributed by atoms with Gasteiger partial charge >= 0.3 is 5.97 Å². The van der Waals surface area contributed by atoms with Gasteiger partial charge in [0.15, 0.2) is 0 Å². The summed E-state index contributed by atoms with van der Waals surface area (Å²) in [4.78, 5) is 28.4. The molecule has 1 aromatic carbocycles. The largest absolute Gasteiger partial charge is 0.481 e. The van der Waals surface area contributed by atoms with Crippen LogP contribution in [0.1, 0.15) is 24.1 Å². The number of aryl methyl sites for hydroxylation is 1. The van der Waals surface area contributed by atoms with Gasteiger partial charge in [-0.05, 0) is 59.6 Å². The van der Waals surface area contributed by atoms with Crippen molar-refractivity contribution in [2.45, 2.75) is 19.8 Å². The number of nitrogens with zero attached hydrogens (tertiary/aromatic N) is 2. The summed E-state index contributed by atoms with van der Waals surface area (Å²) in [6.07, 6.45) is 0. The first kappa shape index (κ1) is 14.7. The van der Waals surface area contributed by atoms with Gasteiger partial charge in [0.25, 0.3) is 5.56 Å². The van der Waals surface area contributed by atoms with Crippen molar-refractivity contribution >= 4 is 38.4 Å². The van der Waals surface area contributed by atoms with Gasteiger partial charge in [-0.25, -0.2) is 4.98 Å². The van der Waals surface area contributed by atoms with Crippen LogP contribution in [0.2, 0.25) is 0 Å². The molecule has 0 spiro atoms. The van der Waals surface area contributed by atoms with Crippen LogP contribution in [0.15, 0.2) is 39.6 Å². The number of carbonyl (C=O) groups is 1. The maximum atomic E-state index is 12.8. The minimum Gasteiger partial charge on any atom is -0.481 e. The van der Waals surface area contributed by atoms with E-state index in [-0.39, 0.29) is 5.56 Å². The summed E-state index contributed by atoms with van der Waals surface area (Å²) in [5.74, 6) is -1.60. The zero-order valence-corrected chi connectivity index (χ0v) is 13.6. The molecule has 22 heavy (non-hydrogen) atoms. The van der Waals surface area contributed by atoms with Crippen molar-refractivity contribution in [3.63, 3.8) is 0 Å². The highest BCUT2D eigenvalue weighted by molar-refractivity contribution is 9.10. The summed E-state index contributed by atoms with van der Waals surface area (Å²) in [5, 5.41) is 9.54. The van der Waals surface area contributed by atoms with E-state index in [9.17, 15) is 9.59 Å². The van der Waals surface area contributed by atoms with Crippen LogP contribution < -0.4 is 5.56 Å². The van der Waals surface area contributed by atoms with E-state index in [4.69, 9.17) is 5.11 Å². The van der Waals surface area contributed by atoms with E-state index in [1.807, 2.05) is 13.0 Å². The third-order valence-corrected chi connectivity index (χ3v) is 4.69. The lowest BCUT2D eigenvalue weighted by atomic mass is 10.00. The van der Waals surface area contributed by atoms with Crippen LogP contribution in [0.4, 0.5) is 0 Å². The SMILES string of the molecule is Cc1c(Br)ccc2nc3ccc(C(C)C(=O)O)cc3c(=O)n12. The molecule has 2 aromatic heterocycles. The van der Waals surface area contributed by atoms with Crippen LogP contribution in [0.3, 0.4) is 0 Å². The summed E-state index contributed by atoms with van der Waals surface area (Å²) >= 11 is 3.41. The Bertz CT molecular complexity index is 978. The molecule has 0 amide bonds. The average molecular weight is 361 g/mol. The van der Waals surface area contributed by atoms with E-state index < -0.39 is 11.9 Å². The molecule has 0 aliphatic carbocycles. The minimum atomic E-state index is -0.924. The zero-order valence-electron chi connectivity index (χ0n) is 12.0. The first-order valence-corrected chi connectivity index (χ1v) is 7.54. The van der Waals surface area contributed by atoms with Crippen molar-refractivity contribution in [1.82, 2.24) is 9.38 Å². The van der Waals surface area contributed by atoms with Gasteiger partial charge < -0.3 is 5.11 Å². The molecule has 3 rings (SSSR count). The predicted octanol–water partition coefficient (Wildman–Crippen LogP) is 3.11. The number of pyridine rings is 1. The first-order chi connectivity index (χ1) is 10.4. The van der Waals surface area contributed by atoms with Gasteiger partial charge in [0.2, 0.25) is 0 Å². The number of halogens is 1. The van der Waals surface area contributed by atoms with E-state index >= 15 is 0 Å². The monoisotopic (exact) mass is 360 g/mol. The summed E-state index contributed by atoms with van der Waals surface area (Å²) in [6.45, 7) is 3.42. The first-order valence-electron chi connectivity index (χ1n) is 6.74. The molecule has 3 aromatic rings. The Morgan fingerprint density at radius 1 is 1.32 bits per heavy atom. The number of fused-ring (bicyclic) bond motifs is 2. The smallest absolute Gasteiger partial charge is 0.310 e. The van der Waals surface area contributed by atoms with Crippen molar-refractivity contribution < 1.29 is 9.90 Å². The van der Waals surface area contributed by atoms with Crippen LogP contribution in [0.5, 0.6) is 0 Å². The van der Waals surface area contributed by atoms with Crippen LogP contribution in [0.25, 0.3) is 16.6 Å². The number of hydrogen-bond donors (Lipinski definition) is 1. The van der Waals surface area contributed by atoms with Crippen LogP contribution >= 0.6 is 15.9 Å². The number of aromatic nitrogens is 2. The maximum absolute atomic E-state index is 12.8. The van der Waals surface area contributed by atoms with Crippen molar-refractivity contribution in [3.8, 4) is 0 Å². The van der Waals surface area contributed by atoms with Crippen molar-refractivity contribution in [1.29, 1.82) is 0 Å². The Labute approximate surface area is 134 Å². The molecule has 0 radical (unpaired) electrons. The standard InChI is InChI=1S/C16H13BrN2O3/c1-8(16(21)22)10-3-5-13-11(7-10)15(20)19-9(2)12(17)4-6-14(19)18-13/h3-8H,1-2H3,(H,21,22). The molecular formula is C16H13BrN2O3. The highest BCUT2D eigenvalue weighted by atomic mass is 79.9. The molecule has 1 N–H and O–H groups in total. The molecule has 112 valence electrons. The summed E-state index contributed by atoms with van der Waals surface area (Å²) in [7, 11) is 0. The molecular weight excluding hydrogens is 348 g/mol. The number of aliphatic carboxylic acids is 1. The second-order valence-corrected chi connectivity index (χ2v) is 6.07. The highest BCUT2D eigenvalue weighted by Gasteiger charge is 2.16. The van der Waals surface area contributed by atoms with Gasteiger partial charge in [0.05, 0.1) is 16.8 Å².